The van der Waals surface area contributed by atoms with Gasteiger partial charge in [-0.1, -0.05) is 29.5 Å². The molecule has 1 fully saturated rings. The summed E-state index contributed by atoms with van der Waals surface area (Å²) in [5.74, 6) is 6.55. The number of aryl methyl sites for hydroxylation is 1. The number of hydrogen-bond acceptors (Lipinski definition) is 4. The van der Waals surface area contributed by atoms with Crippen LogP contribution >= 0.6 is 11.3 Å². The molecule has 4 rings (SSSR count). The normalized spacial score (nSPS) is 16.4. The van der Waals surface area contributed by atoms with E-state index in [4.69, 9.17) is 5.11 Å². The number of aliphatic hydroxyl groups is 1. The number of carbonyl (C=O) groups excluding carboxylic acids is 1. The van der Waals surface area contributed by atoms with Gasteiger partial charge in [-0.2, -0.15) is 0 Å². The second-order valence-corrected chi connectivity index (χ2v) is 7.43. The van der Waals surface area contributed by atoms with E-state index in [9.17, 15) is 4.79 Å². The van der Waals surface area contributed by atoms with Crippen molar-refractivity contribution in [1.29, 1.82) is 0 Å². The van der Waals surface area contributed by atoms with Crippen LogP contribution in [0.4, 0.5) is 5.69 Å². The summed E-state index contributed by atoms with van der Waals surface area (Å²) in [6, 6.07) is 10.1. The maximum Gasteiger partial charge on any atom is 0.229 e. The fraction of sp³-hybridized carbons (Fsp3) is 0.238. The molecule has 3 aromatic rings. The zero-order valence-corrected chi connectivity index (χ0v) is 15.7. The summed E-state index contributed by atoms with van der Waals surface area (Å²) in [7, 11) is 0. The highest BCUT2D eigenvalue weighted by molar-refractivity contribution is 7.13. The second-order valence-electron chi connectivity index (χ2n) is 6.52. The van der Waals surface area contributed by atoms with Crippen molar-refractivity contribution in [3.05, 3.63) is 59.2 Å². The molecule has 5 nitrogen and oxygen atoms in total. The minimum atomic E-state index is -0.154. The summed E-state index contributed by atoms with van der Waals surface area (Å²) in [6.45, 7) is 2.52. The molecule has 1 aliphatic rings. The van der Waals surface area contributed by atoms with Gasteiger partial charge in [0.15, 0.2) is 0 Å². The van der Waals surface area contributed by atoms with Crippen LogP contribution in [0.1, 0.15) is 23.6 Å². The first-order valence-electron chi connectivity index (χ1n) is 8.74. The molecular formula is C21H19N3O2S. The summed E-state index contributed by atoms with van der Waals surface area (Å²) >= 11 is 1.56. The Labute approximate surface area is 161 Å². The van der Waals surface area contributed by atoms with Gasteiger partial charge in [0, 0.05) is 42.0 Å². The Balaban J connectivity index is 1.59. The van der Waals surface area contributed by atoms with E-state index in [0.717, 1.165) is 22.0 Å². The van der Waals surface area contributed by atoms with E-state index in [-0.39, 0.29) is 18.6 Å². The van der Waals surface area contributed by atoms with Crippen LogP contribution in [-0.2, 0) is 4.79 Å². The van der Waals surface area contributed by atoms with Crippen LogP contribution in [0.15, 0.2) is 48.1 Å². The zero-order valence-electron chi connectivity index (χ0n) is 14.9. The molecule has 0 aliphatic carbocycles. The third kappa shape index (κ3) is 3.52. The average Bonchev–Trinajstić information content (AvgIpc) is 3.39. The summed E-state index contributed by atoms with van der Waals surface area (Å²) in [4.78, 5) is 19.9. The molecule has 136 valence electrons. The first kappa shape index (κ1) is 17.5. The summed E-state index contributed by atoms with van der Waals surface area (Å²) < 4.78 is 2.08. The first-order valence-corrected chi connectivity index (χ1v) is 9.62. The Morgan fingerprint density at radius 1 is 1.33 bits per heavy atom. The number of aliphatic hydroxyl groups excluding tert-OH is 1. The summed E-state index contributed by atoms with van der Waals surface area (Å²) in [5, 5.41) is 10.8. The van der Waals surface area contributed by atoms with Crippen molar-refractivity contribution in [3.8, 4) is 22.5 Å². The fourth-order valence-corrected chi connectivity index (χ4v) is 4.15. The average molecular weight is 377 g/mol. The number of imidazole rings is 1. The van der Waals surface area contributed by atoms with Crippen LogP contribution < -0.4 is 4.90 Å². The summed E-state index contributed by atoms with van der Waals surface area (Å²) in [5.41, 5.74) is 2.98. The van der Waals surface area contributed by atoms with Crippen molar-refractivity contribution in [2.45, 2.75) is 19.4 Å². The Bertz CT molecular complexity index is 1020. The third-order valence-corrected chi connectivity index (χ3v) is 5.57. The molecule has 0 spiro atoms. The molecule has 6 heteroatoms. The number of anilines is 1. The molecule has 1 saturated heterocycles. The first-order chi connectivity index (χ1) is 13.2. The molecule has 1 aliphatic heterocycles. The maximum atomic E-state index is 12.6. The molecule has 1 aromatic carbocycles. The van der Waals surface area contributed by atoms with Gasteiger partial charge in [0.2, 0.25) is 5.91 Å². The predicted molar refractivity (Wildman–Crippen MR) is 107 cm³/mol. The van der Waals surface area contributed by atoms with Crippen LogP contribution in [-0.4, -0.2) is 33.7 Å². The third-order valence-electron chi connectivity index (χ3n) is 4.64. The Morgan fingerprint density at radius 2 is 2.15 bits per heavy atom. The molecule has 0 saturated carbocycles. The lowest BCUT2D eigenvalue weighted by atomic mass is 10.2. The van der Waals surface area contributed by atoms with Crippen molar-refractivity contribution in [3.63, 3.8) is 0 Å². The predicted octanol–water partition coefficient (Wildman–Crippen LogP) is 3.24. The van der Waals surface area contributed by atoms with Gasteiger partial charge in [-0.15, -0.1) is 11.3 Å². The smallest absolute Gasteiger partial charge is 0.229 e. The number of amides is 1. The van der Waals surface area contributed by atoms with E-state index in [2.05, 4.69) is 21.4 Å². The highest BCUT2D eigenvalue weighted by Crippen LogP contribution is 2.33. The van der Waals surface area contributed by atoms with Crippen LogP contribution in [0.2, 0.25) is 0 Å². The maximum absolute atomic E-state index is 12.6. The van der Waals surface area contributed by atoms with Crippen molar-refractivity contribution < 1.29 is 9.90 Å². The largest absolute Gasteiger partial charge is 0.384 e. The fourth-order valence-electron chi connectivity index (χ4n) is 3.31. The summed E-state index contributed by atoms with van der Waals surface area (Å²) in [6.07, 6.45) is 4.16. The van der Waals surface area contributed by atoms with Gasteiger partial charge in [0.25, 0.3) is 0 Å². The number of carbonyl (C=O) groups is 1. The Hall–Kier alpha value is -2.88. The van der Waals surface area contributed by atoms with E-state index in [0.29, 0.717) is 13.0 Å². The molecular weight excluding hydrogens is 358 g/mol. The van der Waals surface area contributed by atoms with Gasteiger partial charge in [-0.25, -0.2) is 4.98 Å². The number of thiophene rings is 1. The highest BCUT2D eigenvalue weighted by Gasteiger charge is 2.32. The highest BCUT2D eigenvalue weighted by atomic mass is 32.1. The SMILES string of the molecule is Cc1ccc(N2CC(n3ccnc3-c3cc(C#CCO)cs3)CC2=O)cc1. The van der Waals surface area contributed by atoms with Gasteiger partial charge in [-0.3, -0.25) is 4.79 Å². The standard InChI is InChI=1S/C21H19N3O2S/c1-15-4-6-17(7-5-15)24-13-18(12-20(24)26)23-9-8-22-21(23)19-11-16(14-27-19)3-2-10-25/h4-9,11,14,18,25H,10,12-13H2,1H3. The van der Waals surface area contributed by atoms with Crippen molar-refractivity contribution in [1.82, 2.24) is 9.55 Å². The number of aromatic nitrogens is 2. The minimum absolute atomic E-state index is 0.0466. The van der Waals surface area contributed by atoms with E-state index < -0.39 is 0 Å². The molecule has 3 heterocycles. The molecule has 1 N–H and O–H groups in total. The number of benzene rings is 1. The van der Waals surface area contributed by atoms with Crippen molar-refractivity contribution >= 4 is 22.9 Å². The van der Waals surface area contributed by atoms with Crippen LogP contribution in [0.5, 0.6) is 0 Å². The van der Waals surface area contributed by atoms with Gasteiger partial charge in [-0.05, 0) is 25.1 Å². The Kier molecular flexibility index (Phi) is 4.80. The van der Waals surface area contributed by atoms with E-state index >= 15 is 0 Å². The minimum Gasteiger partial charge on any atom is -0.384 e. The zero-order chi connectivity index (χ0) is 18.8. The van der Waals surface area contributed by atoms with E-state index in [1.54, 1.807) is 17.5 Å². The lowest BCUT2D eigenvalue weighted by Gasteiger charge is -2.18. The second kappa shape index (κ2) is 7.39. The molecule has 27 heavy (non-hydrogen) atoms. The lowest BCUT2D eigenvalue weighted by Crippen LogP contribution is -2.24. The number of rotatable bonds is 3. The molecule has 1 unspecified atom stereocenters. The van der Waals surface area contributed by atoms with Crippen LogP contribution in [0.25, 0.3) is 10.7 Å². The lowest BCUT2D eigenvalue weighted by molar-refractivity contribution is -0.117. The topological polar surface area (TPSA) is 58.4 Å². The van der Waals surface area contributed by atoms with E-state index in [1.807, 2.05) is 53.7 Å². The van der Waals surface area contributed by atoms with Crippen LogP contribution in [0, 0.1) is 18.8 Å². The van der Waals surface area contributed by atoms with Crippen molar-refractivity contribution in [2.75, 3.05) is 18.1 Å². The quantitative estimate of drug-likeness (QED) is 0.713. The molecule has 1 amide bonds. The van der Waals surface area contributed by atoms with Gasteiger partial charge < -0.3 is 14.6 Å². The Morgan fingerprint density at radius 3 is 2.93 bits per heavy atom. The van der Waals surface area contributed by atoms with Gasteiger partial charge >= 0.3 is 0 Å². The van der Waals surface area contributed by atoms with Gasteiger partial charge in [0.1, 0.15) is 12.4 Å². The van der Waals surface area contributed by atoms with Crippen LogP contribution in [0.3, 0.4) is 0 Å². The van der Waals surface area contributed by atoms with E-state index in [1.165, 1.54) is 5.56 Å². The molecule has 0 bridgehead atoms. The molecule has 1 atom stereocenters. The van der Waals surface area contributed by atoms with Crippen molar-refractivity contribution in [2.24, 2.45) is 0 Å². The molecule has 2 aromatic heterocycles. The number of hydrogen-bond donors (Lipinski definition) is 1. The number of nitrogens with zero attached hydrogens (tertiary/aromatic N) is 3. The van der Waals surface area contributed by atoms with Gasteiger partial charge in [0.05, 0.1) is 10.9 Å². The molecule has 0 radical (unpaired) electrons. The monoisotopic (exact) mass is 377 g/mol.